The highest BCUT2D eigenvalue weighted by molar-refractivity contribution is 7.90. The molecule has 5 N–H and O–H groups in total. The Balaban J connectivity index is 1.43. The van der Waals surface area contributed by atoms with E-state index in [1.54, 1.807) is 60.7 Å². The molecule has 5 rings (SSSR count). The number of sulfone groups is 1. The number of alkyl halides is 1. The zero-order valence-corrected chi connectivity index (χ0v) is 47.0. The summed E-state index contributed by atoms with van der Waals surface area (Å²) in [5.41, 5.74) is -3.10. The Kier molecular flexibility index (Phi) is 21.6. The van der Waals surface area contributed by atoms with Crippen LogP contribution in [-0.4, -0.2) is 207 Å². The van der Waals surface area contributed by atoms with Gasteiger partial charge in [-0.15, -0.1) is 5.10 Å². The van der Waals surface area contributed by atoms with E-state index < -0.39 is 125 Å². The van der Waals surface area contributed by atoms with E-state index in [9.17, 15) is 43.1 Å². The highest BCUT2D eigenvalue weighted by atomic mass is 32.2. The average molecular weight is 1070 g/mol. The fourth-order valence-electron chi connectivity index (χ4n) is 11.0. The van der Waals surface area contributed by atoms with E-state index in [4.69, 9.17) is 28.4 Å². The number of carbonyl (C=O) groups is 1. The Morgan fingerprint density at radius 3 is 2.31 bits per heavy atom. The van der Waals surface area contributed by atoms with E-state index in [1.165, 1.54) is 24.1 Å². The molecule has 19 atom stereocenters. The summed E-state index contributed by atoms with van der Waals surface area (Å²) in [7, 11) is 1.77. The van der Waals surface area contributed by atoms with Crippen molar-refractivity contribution in [3.63, 3.8) is 0 Å². The molecule has 0 aromatic carbocycles. The Morgan fingerprint density at radius 1 is 1.01 bits per heavy atom. The summed E-state index contributed by atoms with van der Waals surface area (Å²) in [5.74, 6) is -2.60. The number of cyclic esters (lactones) is 1. The molecule has 0 saturated carbocycles. The molecular weight excluding hydrogens is 984 g/mol. The second-order valence-corrected chi connectivity index (χ2v) is 24.7. The molecule has 3 saturated heterocycles. The van der Waals surface area contributed by atoms with Gasteiger partial charge in [-0.1, -0.05) is 32.1 Å². The number of pyridine rings is 1. The number of hydrogen-bond acceptors (Lipinski definition) is 19. The minimum Gasteiger partial charge on any atom is -0.459 e. The zero-order valence-electron chi connectivity index (χ0n) is 46.2. The maximum absolute atomic E-state index is 14.5. The van der Waals surface area contributed by atoms with Gasteiger partial charge in [0.25, 0.3) is 0 Å². The van der Waals surface area contributed by atoms with Gasteiger partial charge in [-0.2, -0.15) is 0 Å². The minimum atomic E-state index is -3.49. The zero-order chi connectivity index (χ0) is 55.2. The number of nitrogens with zero attached hydrogens (tertiary/aromatic N) is 6. The van der Waals surface area contributed by atoms with E-state index in [-0.39, 0.29) is 49.1 Å². The first-order valence-electron chi connectivity index (χ1n) is 26.3. The summed E-state index contributed by atoms with van der Waals surface area (Å²) in [6, 6.07) is 1.41. The largest absolute Gasteiger partial charge is 0.459 e. The lowest BCUT2D eigenvalue weighted by molar-refractivity contribution is -0.318. The van der Waals surface area contributed by atoms with E-state index >= 15 is 0 Å². The predicted molar refractivity (Wildman–Crippen MR) is 272 cm³/mol. The summed E-state index contributed by atoms with van der Waals surface area (Å²) in [6.07, 6.45) is -3.70. The summed E-state index contributed by atoms with van der Waals surface area (Å²) >= 11 is 0. The van der Waals surface area contributed by atoms with Crippen molar-refractivity contribution in [2.45, 2.75) is 222 Å². The smallest absolute Gasteiger partial charge is 0.311 e. The van der Waals surface area contributed by atoms with Crippen molar-refractivity contribution in [2.75, 3.05) is 47.2 Å². The number of likely N-dealkylation sites (N-methyl/N-ethyl adjacent to an activating group) is 2. The van der Waals surface area contributed by atoms with Crippen molar-refractivity contribution in [2.24, 2.45) is 17.8 Å². The molecule has 424 valence electrons. The fraction of sp³-hybridized carbons (Fsp3) is 0.846. The molecule has 2 aromatic rings. The van der Waals surface area contributed by atoms with Gasteiger partial charge in [0, 0.05) is 76.1 Å². The van der Waals surface area contributed by atoms with Crippen LogP contribution in [0.4, 0.5) is 4.39 Å². The Hall–Kier alpha value is -2.84. The lowest BCUT2D eigenvalue weighted by Crippen LogP contribution is -2.60. The Labute approximate surface area is 438 Å². The van der Waals surface area contributed by atoms with Crippen LogP contribution < -0.4 is 0 Å². The monoisotopic (exact) mass is 1070 g/mol. The van der Waals surface area contributed by atoms with Gasteiger partial charge in [-0.05, 0) is 112 Å². The highest BCUT2D eigenvalue weighted by Crippen LogP contribution is 2.40. The van der Waals surface area contributed by atoms with Crippen LogP contribution in [0.1, 0.15) is 125 Å². The van der Waals surface area contributed by atoms with Gasteiger partial charge in [0.1, 0.15) is 30.6 Å². The van der Waals surface area contributed by atoms with Crippen molar-refractivity contribution >= 4 is 15.8 Å². The first-order valence-corrected chi connectivity index (χ1v) is 28.2. The molecule has 0 radical (unpaired) electrons. The van der Waals surface area contributed by atoms with Crippen LogP contribution in [0.2, 0.25) is 0 Å². The van der Waals surface area contributed by atoms with Crippen molar-refractivity contribution in [1.82, 2.24) is 29.8 Å². The standard InChI is InChI=1S/C52H89FN6O14S/c1-15-41-51(9,65)24-40(60)34(6)58(12)28-30(2)18-20-50(8,64)47(32(4)45(33(5)48(63)71-41)72-43-25-52(10,68-13)46(62)35(7)70-43)73-49-44(61)39(22-31(3)69-49)57(11)21-19-37-29-59(56-55-37)38(26-53)23-36-16-17-42(54-27-36)74(14,66)67/h16-17,27,29-35,38-41,43-47,49,60-62,64-65H,15,18-26,28H2,1-14H3/t30-,31-,32+,33-,34-,35+,38+,39+,40+,41-,43+,44-,45+,46+,47-,49+,50-,51+,52-/m1/s1. The van der Waals surface area contributed by atoms with E-state index in [0.717, 1.165) is 6.26 Å². The summed E-state index contributed by atoms with van der Waals surface area (Å²) in [6.45, 7) is 17.9. The second-order valence-electron chi connectivity index (χ2n) is 22.7. The van der Waals surface area contributed by atoms with Crippen molar-refractivity contribution in [1.29, 1.82) is 0 Å². The number of carbonyl (C=O) groups excluding carboxylic acids is 1. The van der Waals surface area contributed by atoms with Crippen LogP contribution >= 0.6 is 0 Å². The normalized spacial score (nSPS) is 39.4. The lowest BCUT2D eigenvalue weighted by atomic mass is 9.78. The maximum atomic E-state index is 14.5. The molecular formula is C52H89FN6O14S. The van der Waals surface area contributed by atoms with Gasteiger partial charge >= 0.3 is 5.97 Å². The third kappa shape index (κ3) is 15.5. The molecule has 22 heteroatoms. The van der Waals surface area contributed by atoms with Crippen LogP contribution in [-0.2, 0) is 55.9 Å². The Morgan fingerprint density at radius 2 is 1.70 bits per heavy atom. The number of aliphatic hydroxyl groups excluding tert-OH is 3. The third-order valence-corrected chi connectivity index (χ3v) is 17.1. The molecule has 3 aliphatic rings. The molecule has 74 heavy (non-hydrogen) atoms. The molecule has 0 aliphatic carbocycles. The van der Waals surface area contributed by atoms with Gasteiger partial charge in [-0.25, -0.2) is 22.5 Å². The maximum Gasteiger partial charge on any atom is 0.311 e. The topological polar surface area (TPSA) is 258 Å². The second kappa shape index (κ2) is 25.7. The number of esters is 1. The van der Waals surface area contributed by atoms with Crippen molar-refractivity contribution in [3.8, 4) is 0 Å². The van der Waals surface area contributed by atoms with E-state index in [1.807, 2.05) is 37.7 Å². The first-order chi connectivity index (χ1) is 34.4. The fourth-order valence-corrected chi connectivity index (χ4v) is 11.5. The lowest BCUT2D eigenvalue weighted by Gasteiger charge is -2.48. The first kappa shape index (κ1) is 62.0. The molecule has 0 spiro atoms. The average Bonchev–Trinajstić information content (AvgIpc) is 3.81. The van der Waals surface area contributed by atoms with E-state index in [2.05, 4.69) is 22.2 Å². The van der Waals surface area contributed by atoms with Crippen LogP contribution in [0, 0.1) is 17.8 Å². The minimum absolute atomic E-state index is 0.0141. The van der Waals surface area contributed by atoms with Gasteiger partial charge < -0.3 is 63.8 Å². The van der Waals surface area contributed by atoms with Gasteiger partial charge in [0.2, 0.25) is 0 Å². The number of halogens is 1. The molecule has 3 aliphatic heterocycles. The molecule has 5 heterocycles. The number of aliphatic hydroxyl groups is 5. The van der Waals surface area contributed by atoms with E-state index in [0.29, 0.717) is 43.6 Å². The SMILES string of the molecule is CC[C@H]1OC(=O)[C@H](C)[C@@H](O[C@H]2C[C@@](C)(OC)[C@@H](O)[C@H](C)O2)[C@H](C)[C@@H](O[C@@H]2O[C@H](C)C[C@H](N(C)CCc3cn([C@H](CF)Cc4ccc(S(C)(=O)=O)nc4)nn3)[C@H]2O)[C@](C)(O)CC[C@@H](C)CN(C)[C@H](C)[C@@H](O)C[C@]1(C)O. The number of methoxy groups -OCH3 is 1. The predicted octanol–water partition coefficient (Wildman–Crippen LogP) is 3.44. The van der Waals surface area contributed by atoms with Crippen LogP contribution in [0.5, 0.6) is 0 Å². The van der Waals surface area contributed by atoms with Crippen LogP contribution in [0.3, 0.4) is 0 Å². The number of ether oxygens (including phenoxy) is 6. The van der Waals surface area contributed by atoms with Crippen LogP contribution in [0.15, 0.2) is 29.6 Å². The highest BCUT2D eigenvalue weighted by Gasteiger charge is 2.52. The summed E-state index contributed by atoms with van der Waals surface area (Å²) < 4.78 is 78.0. The van der Waals surface area contributed by atoms with Crippen LogP contribution in [0.25, 0.3) is 0 Å². The summed E-state index contributed by atoms with van der Waals surface area (Å²) in [5, 5.41) is 67.9. The molecule has 2 aromatic heterocycles. The summed E-state index contributed by atoms with van der Waals surface area (Å²) in [4.78, 5) is 22.6. The van der Waals surface area contributed by atoms with Gasteiger partial charge in [0.15, 0.2) is 27.4 Å². The molecule has 3 fully saturated rings. The van der Waals surface area contributed by atoms with Crippen molar-refractivity contribution < 1.29 is 71.6 Å². The molecule has 20 nitrogen and oxygen atoms in total. The third-order valence-electron chi connectivity index (χ3n) is 16.1. The van der Waals surface area contributed by atoms with Gasteiger partial charge in [0.05, 0.1) is 59.4 Å². The quantitative estimate of drug-likeness (QED) is 0.160. The molecule has 0 bridgehead atoms. The Bertz CT molecular complexity index is 2190. The number of aromatic nitrogens is 4. The number of hydrogen-bond donors (Lipinski definition) is 5. The van der Waals surface area contributed by atoms with Gasteiger partial charge in [-0.3, -0.25) is 4.79 Å². The van der Waals surface area contributed by atoms with Crippen molar-refractivity contribution in [3.05, 3.63) is 35.8 Å². The number of rotatable bonds is 15. The molecule has 0 amide bonds. The molecule has 0 unspecified atom stereocenters.